The first kappa shape index (κ1) is 13.8. The predicted molar refractivity (Wildman–Crippen MR) is 70.5 cm³/mol. The smallest absolute Gasteiger partial charge is 0.316 e. The van der Waals surface area contributed by atoms with Gasteiger partial charge in [0.1, 0.15) is 11.0 Å². The standard InChI is InChI=1S/C12H10N4O3S/c1-19-12-14-7-10(8-15-12)16-20(17,18)11-5-3-2-4-9(11)6-13/h2-5,7-8,16H,1H3. The molecular formula is C12H10N4O3S. The fraction of sp³-hybridized carbons (Fsp3) is 0.0833. The van der Waals surface area contributed by atoms with Gasteiger partial charge >= 0.3 is 6.01 Å². The molecule has 7 nitrogen and oxygen atoms in total. The number of anilines is 1. The average molecular weight is 290 g/mol. The first-order valence-corrected chi connectivity index (χ1v) is 6.93. The molecular weight excluding hydrogens is 280 g/mol. The van der Waals surface area contributed by atoms with Crippen LogP contribution in [0.5, 0.6) is 6.01 Å². The van der Waals surface area contributed by atoms with Crippen molar-refractivity contribution in [3.63, 3.8) is 0 Å². The topological polar surface area (TPSA) is 105 Å². The Balaban J connectivity index is 2.33. The molecule has 0 aliphatic rings. The molecule has 1 heterocycles. The van der Waals surface area contributed by atoms with E-state index in [0.29, 0.717) is 0 Å². The summed E-state index contributed by atoms with van der Waals surface area (Å²) >= 11 is 0. The van der Waals surface area contributed by atoms with Crippen molar-refractivity contribution >= 4 is 15.7 Å². The Morgan fingerprint density at radius 1 is 1.25 bits per heavy atom. The van der Waals surface area contributed by atoms with E-state index in [-0.39, 0.29) is 22.2 Å². The van der Waals surface area contributed by atoms with E-state index < -0.39 is 10.0 Å². The summed E-state index contributed by atoms with van der Waals surface area (Å²) in [5, 5.41) is 8.93. The number of aromatic nitrogens is 2. The zero-order chi connectivity index (χ0) is 14.6. The maximum Gasteiger partial charge on any atom is 0.316 e. The zero-order valence-corrected chi connectivity index (χ0v) is 11.3. The molecule has 2 aromatic rings. The summed E-state index contributed by atoms with van der Waals surface area (Å²) in [6, 6.07) is 7.88. The first-order chi connectivity index (χ1) is 9.56. The van der Waals surface area contributed by atoms with Crippen LogP contribution in [0.1, 0.15) is 5.56 Å². The lowest BCUT2D eigenvalue weighted by molar-refractivity contribution is 0.380. The van der Waals surface area contributed by atoms with Gasteiger partial charge in [-0.2, -0.15) is 5.26 Å². The van der Waals surface area contributed by atoms with Gasteiger partial charge in [-0.1, -0.05) is 12.1 Å². The number of rotatable bonds is 4. The van der Waals surface area contributed by atoms with E-state index in [1.54, 1.807) is 12.1 Å². The average Bonchev–Trinajstić information content (AvgIpc) is 2.47. The summed E-state index contributed by atoms with van der Waals surface area (Å²) < 4.78 is 31.5. The number of nitrogens with one attached hydrogen (secondary N) is 1. The van der Waals surface area contributed by atoms with E-state index in [9.17, 15) is 8.42 Å². The van der Waals surface area contributed by atoms with E-state index >= 15 is 0 Å². The number of nitriles is 1. The summed E-state index contributed by atoms with van der Waals surface area (Å²) in [6.45, 7) is 0. The third-order valence-corrected chi connectivity index (χ3v) is 3.80. The highest BCUT2D eigenvalue weighted by atomic mass is 32.2. The monoisotopic (exact) mass is 290 g/mol. The highest BCUT2D eigenvalue weighted by molar-refractivity contribution is 7.92. The molecule has 0 aliphatic heterocycles. The molecule has 0 bridgehead atoms. The van der Waals surface area contributed by atoms with E-state index in [1.165, 1.54) is 31.6 Å². The second-order valence-electron chi connectivity index (χ2n) is 3.67. The molecule has 0 amide bonds. The largest absolute Gasteiger partial charge is 0.467 e. The highest BCUT2D eigenvalue weighted by Gasteiger charge is 2.18. The van der Waals surface area contributed by atoms with Crippen molar-refractivity contribution < 1.29 is 13.2 Å². The van der Waals surface area contributed by atoms with Crippen LogP contribution in [-0.2, 0) is 10.0 Å². The Labute approximate surface area is 115 Å². The number of methoxy groups -OCH3 is 1. The Hall–Kier alpha value is -2.66. The van der Waals surface area contributed by atoms with Crippen molar-refractivity contribution in [3.8, 4) is 12.1 Å². The van der Waals surface area contributed by atoms with Crippen LogP contribution in [-0.4, -0.2) is 25.5 Å². The highest BCUT2D eigenvalue weighted by Crippen LogP contribution is 2.18. The van der Waals surface area contributed by atoms with E-state index in [4.69, 9.17) is 10.00 Å². The van der Waals surface area contributed by atoms with Crippen molar-refractivity contribution in [2.24, 2.45) is 0 Å². The molecule has 0 radical (unpaired) electrons. The van der Waals surface area contributed by atoms with Gasteiger partial charge in [0.2, 0.25) is 0 Å². The van der Waals surface area contributed by atoms with Gasteiger partial charge in [0.05, 0.1) is 30.8 Å². The second kappa shape index (κ2) is 5.54. The summed E-state index contributed by atoms with van der Waals surface area (Å²) in [4.78, 5) is 7.49. The van der Waals surface area contributed by atoms with Gasteiger partial charge in [0, 0.05) is 0 Å². The fourth-order valence-corrected chi connectivity index (χ4v) is 2.66. The van der Waals surface area contributed by atoms with Crippen LogP contribution in [0.25, 0.3) is 0 Å². The van der Waals surface area contributed by atoms with E-state index in [1.807, 2.05) is 6.07 Å². The zero-order valence-electron chi connectivity index (χ0n) is 10.4. The minimum Gasteiger partial charge on any atom is -0.467 e. The number of nitrogens with zero attached hydrogens (tertiary/aromatic N) is 3. The molecule has 2 rings (SSSR count). The Morgan fingerprint density at radius 2 is 1.90 bits per heavy atom. The predicted octanol–water partition coefficient (Wildman–Crippen LogP) is 1.16. The number of benzene rings is 1. The molecule has 1 aromatic heterocycles. The molecule has 0 fully saturated rings. The molecule has 0 aliphatic carbocycles. The first-order valence-electron chi connectivity index (χ1n) is 5.45. The molecule has 0 saturated heterocycles. The molecule has 0 unspecified atom stereocenters. The maximum absolute atomic E-state index is 12.2. The number of ether oxygens (including phenoxy) is 1. The van der Waals surface area contributed by atoms with Crippen molar-refractivity contribution in [3.05, 3.63) is 42.2 Å². The van der Waals surface area contributed by atoms with E-state index in [0.717, 1.165) is 0 Å². The number of hydrogen-bond acceptors (Lipinski definition) is 6. The summed E-state index contributed by atoms with van der Waals surface area (Å²) in [5.41, 5.74) is 0.243. The second-order valence-corrected chi connectivity index (χ2v) is 5.32. The summed E-state index contributed by atoms with van der Waals surface area (Å²) in [5.74, 6) is 0. The van der Waals surface area contributed by atoms with E-state index in [2.05, 4.69) is 14.7 Å². The minimum absolute atomic E-state index is 0.0643. The van der Waals surface area contributed by atoms with Crippen LogP contribution in [0, 0.1) is 11.3 Å². The van der Waals surface area contributed by atoms with Gasteiger partial charge in [0.15, 0.2) is 0 Å². The molecule has 0 saturated carbocycles. The SMILES string of the molecule is COc1ncc(NS(=O)(=O)c2ccccc2C#N)cn1. The van der Waals surface area contributed by atoms with Crippen molar-refractivity contribution in [1.82, 2.24) is 9.97 Å². The van der Waals surface area contributed by atoms with Gasteiger partial charge < -0.3 is 4.74 Å². The summed E-state index contributed by atoms with van der Waals surface area (Å²) in [7, 11) is -2.46. The Morgan fingerprint density at radius 3 is 2.50 bits per heavy atom. The van der Waals surface area contributed by atoms with Crippen molar-refractivity contribution in [1.29, 1.82) is 5.26 Å². The maximum atomic E-state index is 12.2. The molecule has 1 aromatic carbocycles. The number of sulfonamides is 1. The molecule has 20 heavy (non-hydrogen) atoms. The van der Waals surface area contributed by atoms with Crippen LogP contribution in [0.15, 0.2) is 41.6 Å². The number of hydrogen-bond donors (Lipinski definition) is 1. The summed E-state index contributed by atoms with van der Waals surface area (Å²) in [6.07, 6.45) is 2.55. The Kier molecular flexibility index (Phi) is 3.81. The lowest BCUT2D eigenvalue weighted by atomic mass is 10.2. The van der Waals surface area contributed by atoms with Crippen molar-refractivity contribution in [2.75, 3.05) is 11.8 Å². The van der Waals surface area contributed by atoms with Crippen molar-refractivity contribution in [2.45, 2.75) is 4.90 Å². The lowest BCUT2D eigenvalue weighted by Gasteiger charge is -2.08. The molecule has 1 N–H and O–H groups in total. The normalized spacial score (nSPS) is 10.6. The third kappa shape index (κ3) is 2.84. The molecule has 8 heteroatoms. The minimum atomic E-state index is -3.87. The van der Waals surface area contributed by atoms with Gasteiger partial charge in [-0.25, -0.2) is 18.4 Å². The molecule has 102 valence electrons. The van der Waals surface area contributed by atoms with Gasteiger partial charge in [-0.3, -0.25) is 4.72 Å². The fourth-order valence-electron chi connectivity index (χ4n) is 1.48. The molecule has 0 spiro atoms. The Bertz CT molecular complexity index is 751. The quantitative estimate of drug-likeness (QED) is 0.905. The van der Waals surface area contributed by atoms with Crippen LogP contribution in [0.4, 0.5) is 5.69 Å². The van der Waals surface area contributed by atoms with Gasteiger partial charge in [-0.15, -0.1) is 0 Å². The third-order valence-electron chi connectivity index (χ3n) is 2.36. The van der Waals surface area contributed by atoms with Gasteiger partial charge in [-0.05, 0) is 12.1 Å². The van der Waals surface area contributed by atoms with Crippen LogP contribution < -0.4 is 9.46 Å². The van der Waals surface area contributed by atoms with Crippen LogP contribution in [0.3, 0.4) is 0 Å². The van der Waals surface area contributed by atoms with Gasteiger partial charge in [0.25, 0.3) is 10.0 Å². The molecule has 0 atom stereocenters. The lowest BCUT2D eigenvalue weighted by Crippen LogP contribution is -2.14. The van der Waals surface area contributed by atoms with Crippen LogP contribution in [0.2, 0.25) is 0 Å². The van der Waals surface area contributed by atoms with Crippen LogP contribution >= 0.6 is 0 Å².